The molecule has 0 saturated heterocycles. The lowest BCUT2D eigenvalue weighted by atomic mass is 9.94. The van der Waals surface area contributed by atoms with Gasteiger partial charge in [0.2, 0.25) is 0 Å². The average Bonchev–Trinajstić information content (AvgIpc) is 2.89. The van der Waals surface area contributed by atoms with Gasteiger partial charge in [-0.05, 0) is 54.7 Å². The highest BCUT2D eigenvalue weighted by Crippen LogP contribution is 2.36. The Bertz CT molecular complexity index is 1290. The minimum Gasteiger partial charge on any atom is -0.489 e. The van der Waals surface area contributed by atoms with Crippen LogP contribution in [0.1, 0.15) is 30.5 Å². The molecule has 192 valence electrons. The zero-order chi connectivity index (χ0) is 26.9. The van der Waals surface area contributed by atoms with E-state index >= 15 is 0 Å². The highest BCUT2D eigenvalue weighted by Gasteiger charge is 2.16. The molecule has 0 aliphatic heterocycles. The lowest BCUT2D eigenvalue weighted by Crippen LogP contribution is -2.13. The molecular weight excluding hydrogens is 468 g/mol. The Hall–Kier alpha value is -4.16. The standard InChI is InChI=1S/C31H32O6/c1-20(2)30(33)36-15-14-35-28-17-22(5)16-27(19-37-31(34)21(3)4)29(28)26-12-10-25(11-13-26)24-8-6-23(18-32)7-9-24/h6-13,16-17,32H,1,3,14-15,18-19H2,2,4-5H3. The van der Waals surface area contributed by atoms with Crippen LogP contribution >= 0.6 is 0 Å². The van der Waals surface area contributed by atoms with Crippen molar-refractivity contribution in [2.24, 2.45) is 0 Å². The van der Waals surface area contributed by atoms with Crippen LogP contribution in [0.25, 0.3) is 22.3 Å². The molecule has 37 heavy (non-hydrogen) atoms. The number of rotatable bonds is 11. The molecule has 0 bridgehead atoms. The summed E-state index contributed by atoms with van der Waals surface area (Å²) in [7, 11) is 0. The van der Waals surface area contributed by atoms with Crippen molar-refractivity contribution >= 4 is 11.9 Å². The maximum absolute atomic E-state index is 12.1. The second kappa shape index (κ2) is 12.7. The summed E-state index contributed by atoms with van der Waals surface area (Å²) < 4.78 is 16.7. The number of ether oxygens (including phenoxy) is 3. The first-order valence-electron chi connectivity index (χ1n) is 11.9. The van der Waals surface area contributed by atoms with Gasteiger partial charge in [-0.1, -0.05) is 67.8 Å². The van der Waals surface area contributed by atoms with Gasteiger partial charge in [0.1, 0.15) is 25.6 Å². The zero-order valence-electron chi connectivity index (χ0n) is 21.5. The van der Waals surface area contributed by atoms with E-state index in [2.05, 4.69) is 13.2 Å². The van der Waals surface area contributed by atoms with E-state index < -0.39 is 11.9 Å². The maximum atomic E-state index is 12.1. The number of aryl methyl sites for hydroxylation is 1. The first-order valence-corrected chi connectivity index (χ1v) is 11.9. The van der Waals surface area contributed by atoms with Crippen LogP contribution in [0.15, 0.2) is 85.0 Å². The summed E-state index contributed by atoms with van der Waals surface area (Å²) in [6.07, 6.45) is 0. The molecule has 0 saturated carbocycles. The van der Waals surface area contributed by atoms with Crippen LogP contribution in [0.4, 0.5) is 0 Å². The zero-order valence-corrected chi connectivity index (χ0v) is 21.5. The summed E-state index contributed by atoms with van der Waals surface area (Å²) in [6, 6.07) is 19.6. The summed E-state index contributed by atoms with van der Waals surface area (Å²) in [6.45, 7) is 12.6. The normalized spacial score (nSPS) is 10.5. The van der Waals surface area contributed by atoms with Gasteiger partial charge < -0.3 is 19.3 Å². The van der Waals surface area contributed by atoms with Crippen LogP contribution in [0, 0.1) is 6.92 Å². The summed E-state index contributed by atoms with van der Waals surface area (Å²) in [5, 5.41) is 9.29. The molecule has 0 radical (unpaired) electrons. The van der Waals surface area contributed by atoms with Crippen molar-refractivity contribution < 1.29 is 28.9 Å². The third-order valence-corrected chi connectivity index (χ3v) is 5.60. The molecule has 6 heteroatoms. The number of aliphatic hydroxyl groups is 1. The lowest BCUT2D eigenvalue weighted by molar-refractivity contribution is -0.140. The summed E-state index contributed by atoms with van der Waals surface area (Å²) in [5.74, 6) is -0.348. The second-order valence-electron chi connectivity index (χ2n) is 8.85. The number of benzene rings is 3. The van der Waals surface area contributed by atoms with Crippen molar-refractivity contribution in [1.29, 1.82) is 0 Å². The topological polar surface area (TPSA) is 82.1 Å². The minimum absolute atomic E-state index is 0.000540. The third-order valence-electron chi connectivity index (χ3n) is 5.60. The molecule has 0 atom stereocenters. The van der Waals surface area contributed by atoms with E-state index in [4.69, 9.17) is 14.2 Å². The Morgan fingerprint density at radius 3 is 1.89 bits per heavy atom. The molecule has 0 unspecified atom stereocenters. The van der Waals surface area contributed by atoms with Crippen molar-refractivity contribution in [2.75, 3.05) is 13.2 Å². The molecule has 3 aromatic rings. The fourth-order valence-electron chi connectivity index (χ4n) is 3.69. The van der Waals surface area contributed by atoms with E-state index in [1.54, 1.807) is 13.8 Å². The van der Waals surface area contributed by atoms with Crippen LogP contribution in [0.3, 0.4) is 0 Å². The second-order valence-corrected chi connectivity index (χ2v) is 8.85. The van der Waals surface area contributed by atoms with Crippen LogP contribution in [-0.2, 0) is 32.3 Å². The molecule has 3 aromatic carbocycles. The molecule has 0 aliphatic carbocycles. The molecule has 3 rings (SSSR count). The van der Waals surface area contributed by atoms with Gasteiger partial charge in [0.05, 0.1) is 6.61 Å². The predicted molar refractivity (Wildman–Crippen MR) is 144 cm³/mol. The summed E-state index contributed by atoms with van der Waals surface area (Å²) in [4.78, 5) is 23.8. The molecule has 1 N–H and O–H groups in total. The molecule has 0 heterocycles. The Balaban J connectivity index is 1.93. The minimum atomic E-state index is -0.469. The molecular formula is C31H32O6. The maximum Gasteiger partial charge on any atom is 0.333 e. The Kier molecular flexibility index (Phi) is 9.41. The predicted octanol–water partition coefficient (Wildman–Crippen LogP) is 5.94. The first kappa shape index (κ1) is 27.4. The van der Waals surface area contributed by atoms with Crippen LogP contribution < -0.4 is 4.74 Å². The lowest BCUT2D eigenvalue weighted by Gasteiger charge is -2.18. The third kappa shape index (κ3) is 7.41. The van der Waals surface area contributed by atoms with E-state index in [-0.39, 0.29) is 26.4 Å². The number of esters is 2. The van der Waals surface area contributed by atoms with Gasteiger partial charge in [-0.25, -0.2) is 9.59 Å². The highest BCUT2D eigenvalue weighted by atomic mass is 16.6. The SMILES string of the molecule is C=C(C)C(=O)OCCOc1cc(C)cc(COC(=O)C(=C)C)c1-c1ccc(-c2ccc(CO)cc2)cc1. The van der Waals surface area contributed by atoms with Crippen molar-refractivity contribution in [3.8, 4) is 28.0 Å². The summed E-state index contributed by atoms with van der Waals surface area (Å²) >= 11 is 0. The molecule has 0 fully saturated rings. The Labute approximate surface area is 217 Å². The quantitative estimate of drug-likeness (QED) is 0.199. The molecule has 0 spiro atoms. The molecule has 6 nitrogen and oxygen atoms in total. The van der Waals surface area contributed by atoms with Gasteiger partial charge in [0.25, 0.3) is 0 Å². The van der Waals surface area contributed by atoms with E-state index in [9.17, 15) is 14.7 Å². The Morgan fingerprint density at radius 2 is 1.32 bits per heavy atom. The smallest absolute Gasteiger partial charge is 0.333 e. The van der Waals surface area contributed by atoms with Gasteiger partial charge in [0, 0.05) is 22.3 Å². The monoisotopic (exact) mass is 500 g/mol. The molecule has 0 amide bonds. The fourth-order valence-corrected chi connectivity index (χ4v) is 3.69. The van der Waals surface area contributed by atoms with E-state index in [1.807, 2.05) is 67.6 Å². The van der Waals surface area contributed by atoms with Crippen molar-refractivity contribution in [3.05, 3.63) is 102 Å². The fraction of sp³-hybridized carbons (Fsp3) is 0.226. The summed E-state index contributed by atoms with van der Waals surface area (Å²) in [5.41, 5.74) is 6.92. The number of hydrogen-bond acceptors (Lipinski definition) is 6. The van der Waals surface area contributed by atoms with E-state index in [0.29, 0.717) is 16.9 Å². The Morgan fingerprint density at radius 1 is 0.784 bits per heavy atom. The van der Waals surface area contributed by atoms with E-state index in [1.165, 1.54) is 0 Å². The van der Waals surface area contributed by atoms with Gasteiger partial charge >= 0.3 is 11.9 Å². The van der Waals surface area contributed by atoms with Crippen molar-refractivity contribution in [2.45, 2.75) is 34.0 Å². The molecule has 0 aliphatic rings. The van der Waals surface area contributed by atoms with Crippen LogP contribution in [0.2, 0.25) is 0 Å². The highest BCUT2D eigenvalue weighted by molar-refractivity contribution is 5.87. The van der Waals surface area contributed by atoms with Crippen LogP contribution in [0.5, 0.6) is 5.75 Å². The average molecular weight is 501 g/mol. The number of hydrogen-bond donors (Lipinski definition) is 1. The van der Waals surface area contributed by atoms with Crippen molar-refractivity contribution in [3.63, 3.8) is 0 Å². The number of carbonyl (C=O) groups is 2. The van der Waals surface area contributed by atoms with Gasteiger partial charge in [-0.3, -0.25) is 0 Å². The largest absolute Gasteiger partial charge is 0.489 e. The van der Waals surface area contributed by atoms with Crippen molar-refractivity contribution in [1.82, 2.24) is 0 Å². The number of aliphatic hydroxyl groups excluding tert-OH is 1. The number of carbonyl (C=O) groups excluding carboxylic acids is 2. The van der Waals surface area contributed by atoms with E-state index in [0.717, 1.165) is 38.9 Å². The van der Waals surface area contributed by atoms with Gasteiger partial charge in [-0.15, -0.1) is 0 Å². The molecule has 0 aromatic heterocycles. The van der Waals surface area contributed by atoms with Gasteiger partial charge in [-0.2, -0.15) is 0 Å². The first-order chi connectivity index (χ1) is 17.7. The van der Waals surface area contributed by atoms with Crippen LogP contribution in [-0.4, -0.2) is 30.3 Å². The van der Waals surface area contributed by atoms with Gasteiger partial charge in [0.15, 0.2) is 0 Å².